The lowest BCUT2D eigenvalue weighted by molar-refractivity contribution is -0.359. The van der Waals surface area contributed by atoms with E-state index in [4.69, 9.17) is 0 Å². The van der Waals surface area contributed by atoms with Gasteiger partial charge in [-0.1, -0.05) is 9.98 Å². The zero-order chi connectivity index (χ0) is 5.82. The fourth-order valence-electron chi connectivity index (χ4n) is 0.368. The van der Waals surface area contributed by atoms with E-state index in [1.165, 1.54) is 12.4 Å². The van der Waals surface area contributed by atoms with Gasteiger partial charge in [-0.2, -0.15) is 0 Å². The van der Waals surface area contributed by atoms with E-state index in [2.05, 4.69) is 15.0 Å². The van der Waals surface area contributed by atoms with Gasteiger partial charge >= 0.3 is 5.96 Å². The SMILES string of the molecule is O=C[NH+]=C1N=CC=N1. The number of nitrogens with zero attached hydrogens (tertiary/aromatic N) is 2. The maximum atomic E-state index is 9.68. The summed E-state index contributed by atoms with van der Waals surface area (Å²) in [6, 6.07) is 0. The molecule has 0 atom stereocenters. The fraction of sp³-hybridized carbons (Fsp3) is 0. The lowest BCUT2D eigenvalue weighted by Gasteiger charge is -1.64. The van der Waals surface area contributed by atoms with Crippen molar-refractivity contribution < 1.29 is 9.79 Å². The second-order valence-corrected chi connectivity index (χ2v) is 1.14. The van der Waals surface area contributed by atoms with Crippen molar-refractivity contribution in [2.45, 2.75) is 0 Å². The third kappa shape index (κ3) is 0.841. The fourth-order valence-corrected chi connectivity index (χ4v) is 0.368. The minimum absolute atomic E-state index is 0.347. The third-order valence-electron chi connectivity index (χ3n) is 0.648. The maximum absolute atomic E-state index is 9.68. The van der Waals surface area contributed by atoms with Crippen LogP contribution in [0, 0.1) is 0 Å². The lowest BCUT2D eigenvalue weighted by Crippen LogP contribution is -2.70. The van der Waals surface area contributed by atoms with Gasteiger partial charge in [-0.25, -0.2) is 4.99 Å². The summed E-state index contributed by atoms with van der Waals surface area (Å²) in [6.45, 7) is 0. The Kier molecular flexibility index (Phi) is 1.27. The Bertz CT molecular complexity index is 166. The monoisotopic (exact) mass is 110 g/mol. The Hall–Kier alpha value is -1.32. The smallest absolute Gasteiger partial charge is 0.260 e. The molecule has 4 nitrogen and oxygen atoms in total. The molecule has 0 saturated heterocycles. The Labute approximate surface area is 45.7 Å². The van der Waals surface area contributed by atoms with Crippen molar-refractivity contribution in [1.82, 2.24) is 0 Å². The predicted octanol–water partition coefficient (Wildman–Crippen LogP) is -2.27. The molecule has 8 heavy (non-hydrogen) atoms. The van der Waals surface area contributed by atoms with Crippen LogP contribution in [0.4, 0.5) is 0 Å². The molecule has 0 fully saturated rings. The summed E-state index contributed by atoms with van der Waals surface area (Å²) in [5, 5.41) is 0. The quantitative estimate of drug-likeness (QED) is 0.380. The molecule has 1 rings (SSSR count). The van der Waals surface area contributed by atoms with Crippen LogP contribution in [0.2, 0.25) is 0 Å². The van der Waals surface area contributed by atoms with Crippen molar-refractivity contribution in [3.63, 3.8) is 0 Å². The molecule has 1 heterocycles. The molecule has 1 aliphatic rings. The first-order valence-corrected chi connectivity index (χ1v) is 2.07. The Morgan fingerprint density at radius 1 is 1.50 bits per heavy atom. The molecule has 0 aromatic rings. The van der Waals surface area contributed by atoms with Crippen molar-refractivity contribution in [2.24, 2.45) is 9.98 Å². The minimum atomic E-state index is 0.347. The summed E-state index contributed by atoms with van der Waals surface area (Å²) in [5.74, 6) is 0.347. The largest absolute Gasteiger partial charge is 0.432 e. The van der Waals surface area contributed by atoms with Crippen molar-refractivity contribution in [3.05, 3.63) is 0 Å². The summed E-state index contributed by atoms with van der Waals surface area (Å²) < 4.78 is 0. The highest BCUT2D eigenvalue weighted by Gasteiger charge is 2.04. The van der Waals surface area contributed by atoms with E-state index in [1.54, 1.807) is 0 Å². The molecule has 0 aromatic heterocycles. The van der Waals surface area contributed by atoms with Crippen molar-refractivity contribution in [1.29, 1.82) is 0 Å². The summed E-state index contributed by atoms with van der Waals surface area (Å²) in [5.41, 5.74) is 0. The first-order valence-electron chi connectivity index (χ1n) is 2.07. The Morgan fingerprint density at radius 2 is 2.12 bits per heavy atom. The van der Waals surface area contributed by atoms with Gasteiger partial charge in [0.2, 0.25) is 0 Å². The number of hydrogen-bond acceptors (Lipinski definition) is 1. The first-order chi connectivity index (χ1) is 3.93. The van der Waals surface area contributed by atoms with Crippen LogP contribution < -0.4 is 4.99 Å². The van der Waals surface area contributed by atoms with E-state index in [0.29, 0.717) is 12.4 Å². The van der Waals surface area contributed by atoms with Crippen molar-refractivity contribution in [2.75, 3.05) is 0 Å². The standard InChI is InChI=1S/C4H3N3O/c8-3-7-4-5-1-2-6-4/h1-3H/p+1. The molecule has 4 heteroatoms. The summed E-state index contributed by atoms with van der Waals surface area (Å²) in [4.78, 5) is 19.3. The van der Waals surface area contributed by atoms with E-state index < -0.39 is 0 Å². The highest BCUT2D eigenvalue weighted by molar-refractivity contribution is 6.25. The van der Waals surface area contributed by atoms with Gasteiger partial charge in [0.1, 0.15) is 12.4 Å². The predicted molar refractivity (Wildman–Crippen MR) is 29.0 cm³/mol. The molecular weight excluding hydrogens is 106 g/mol. The van der Waals surface area contributed by atoms with E-state index >= 15 is 0 Å². The van der Waals surface area contributed by atoms with E-state index in [1.807, 2.05) is 0 Å². The molecule has 0 saturated carbocycles. The van der Waals surface area contributed by atoms with Crippen LogP contribution >= 0.6 is 0 Å². The van der Waals surface area contributed by atoms with Crippen LogP contribution in [-0.4, -0.2) is 24.8 Å². The summed E-state index contributed by atoms with van der Waals surface area (Å²) in [6.07, 6.45) is 3.55. The number of hydrogen-bond donors (Lipinski definition) is 1. The normalized spacial score (nSPS) is 14.8. The summed E-state index contributed by atoms with van der Waals surface area (Å²) >= 11 is 0. The van der Waals surface area contributed by atoms with E-state index in [9.17, 15) is 4.79 Å². The number of carbonyl (C=O) groups excluding carboxylic acids is 1. The van der Waals surface area contributed by atoms with Crippen LogP contribution in [0.5, 0.6) is 0 Å². The minimum Gasteiger partial charge on any atom is -0.260 e. The molecule has 0 spiro atoms. The molecule has 0 unspecified atom stereocenters. The second kappa shape index (κ2) is 2.11. The van der Waals surface area contributed by atoms with E-state index in [-0.39, 0.29) is 0 Å². The number of aliphatic imine (C=N–C) groups is 2. The Morgan fingerprint density at radius 3 is 2.62 bits per heavy atom. The molecule has 0 aromatic carbocycles. The molecule has 0 radical (unpaired) electrons. The highest BCUT2D eigenvalue weighted by atomic mass is 16.1. The van der Waals surface area contributed by atoms with Gasteiger partial charge in [-0.15, -0.1) is 0 Å². The second-order valence-electron chi connectivity index (χ2n) is 1.14. The number of carbonyl (C=O) groups is 1. The van der Waals surface area contributed by atoms with Crippen LogP contribution in [-0.2, 0) is 4.79 Å². The van der Waals surface area contributed by atoms with Gasteiger partial charge < -0.3 is 0 Å². The van der Waals surface area contributed by atoms with Crippen LogP contribution in [0.1, 0.15) is 0 Å². The van der Waals surface area contributed by atoms with Gasteiger partial charge in [0.15, 0.2) is 0 Å². The molecule has 1 aliphatic heterocycles. The average molecular weight is 110 g/mol. The van der Waals surface area contributed by atoms with Gasteiger partial charge in [0, 0.05) is 0 Å². The molecule has 1 amide bonds. The van der Waals surface area contributed by atoms with Gasteiger partial charge in [-0.3, -0.25) is 4.79 Å². The van der Waals surface area contributed by atoms with Gasteiger partial charge in [0.05, 0.1) is 0 Å². The molecule has 0 bridgehead atoms. The average Bonchev–Trinajstić information content (AvgIpc) is 2.19. The van der Waals surface area contributed by atoms with Crippen molar-refractivity contribution >= 4 is 24.8 Å². The van der Waals surface area contributed by atoms with Crippen LogP contribution in [0.25, 0.3) is 0 Å². The van der Waals surface area contributed by atoms with Crippen LogP contribution in [0.15, 0.2) is 9.98 Å². The number of amides is 1. The maximum Gasteiger partial charge on any atom is 0.432 e. The topological polar surface area (TPSA) is 55.8 Å². The van der Waals surface area contributed by atoms with Gasteiger partial charge in [0.25, 0.3) is 6.41 Å². The molecule has 1 N–H and O–H groups in total. The zero-order valence-electron chi connectivity index (χ0n) is 4.03. The van der Waals surface area contributed by atoms with Crippen LogP contribution in [0.3, 0.4) is 0 Å². The number of nitrogens with one attached hydrogen (secondary N) is 1. The highest BCUT2D eigenvalue weighted by Crippen LogP contribution is 1.75. The van der Waals surface area contributed by atoms with Crippen molar-refractivity contribution in [3.8, 4) is 0 Å². The number of rotatable bonds is 1. The molecular formula is C4H4N3O+. The first kappa shape index (κ1) is 4.83. The molecule has 0 aliphatic carbocycles. The Balaban J connectivity index is 2.74. The van der Waals surface area contributed by atoms with Gasteiger partial charge in [-0.05, 0) is 0 Å². The zero-order valence-corrected chi connectivity index (χ0v) is 4.03. The third-order valence-corrected chi connectivity index (χ3v) is 0.648. The summed E-state index contributed by atoms with van der Waals surface area (Å²) in [7, 11) is 0. The lowest BCUT2D eigenvalue weighted by atomic mass is 10.9. The molecule has 40 valence electrons. The number of guanidine groups is 1. The van der Waals surface area contributed by atoms with E-state index in [0.717, 1.165) is 0 Å².